The van der Waals surface area contributed by atoms with Gasteiger partial charge in [-0.05, 0) is 42.8 Å². The minimum atomic E-state index is -3.98. The smallest absolute Gasteiger partial charge is 0.338 e. The van der Waals surface area contributed by atoms with Crippen molar-refractivity contribution in [3.8, 4) is 5.75 Å². The molecule has 0 saturated carbocycles. The van der Waals surface area contributed by atoms with Gasteiger partial charge in [-0.25, -0.2) is 18.4 Å². The molecule has 0 unspecified atom stereocenters. The number of benzene rings is 2. The molecule has 7 nitrogen and oxygen atoms in total. The van der Waals surface area contributed by atoms with Crippen molar-refractivity contribution in [1.82, 2.24) is 0 Å². The topological polar surface area (TPSA) is 113 Å². The van der Waals surface area contributed by atoms with Crippen molar-refractivity contribution < 1.29 is 27.5 Å². The molecule has 26 heavy (non-hydrogen) atoms. The summed E-state index contributed by atoms with van der Waals surface area (Å²) in [6.07, 6.45) is 0. The largest absolute Gasteiger partial charge is 0.495 e. The van der Waals surface area contributed by atoms with Crippen LogP contribution in [0, 0.1) is 6.92 Å². The van der Waals surface area contributed by atoms with Crippen LogP contribution in [0.5, 0.6) is 5.75 Å². The third-order valence-electron chi connectivity index (χ3n) is 3.54. The molecule has 0 amide bonds. The van der Waals surface area contributed by atoms with E-state index < -0.39 is 28.4 Å². The second-order valence-electron chi connectivity index (χ2n) is 5.37. The molecular weight excluding hydrogens is 382 g/mol. The normalized spacial score (nSPS) is 11.1. The van der Waals surface area contributed by atoms with E-state index in [0.29, 0.717) is 11.3 Å². The van der Waals surface area contributed by atoms with Crippen molar-refractivity contribution in [2.45, 2.75) is 11.8 Å². The van der Waals surface area contributed by atoms with E-state index in [1.807, 2.05) is 0 Å². The molecule has 0 saturated heterocycles. The van der Waals surface area contributed by atoms with Crippen molar-refractivity contribution in [3.63, 3.8) is 0 Å². The molecule has 0 radical (unpaired) electrons. The lowest BCUT2D eigenvalue weighted by Gasteiger charge is -2.08. The Bertz CT molecular complexity index is 971. The molecular formula is C17H16ClNO6S. The number of ketones is 1. The molecule has 0 heterocycles. The van der Waals surface area contributed by atoms with Crippen molar-refractivity contribution in [3.05, 3.63) is 58.1 Å². The zero-order chi connectivity index (χ0) is 19.5. The van der Waals surface area contributed by atoms with Crippen LogP contribution in [-0.2, 0) is 14.8 Å². The molecule has 2 aromatic rings. The molecule has 0 aliphatic carbocycles. The van der Waals surface area contributed by atoms with Crippen LogP contribution in [0.15, 0.2) is 41.3 Å². The average molecular weight is 398 g/mol. The maximum absolute atomic E-state index is 12.1. The first kappa shape index (κ1) is 19.9. The maximum Gasteiger partial charge on any atom is 0.338 e. The second kappa shape index (κ2) is 7.86. The van der Waals surface area contributed by atoms with E-state index >= 15 is 0 Å². The van der Waals surface area contributed by atoms with Gasteiger partial charge in [0.1, 0.15) is 5.75 Å². The van der Waals surface area contributed by atoms with Gasteiger partial charge in [0.15, 0.2) is 12.4 Å². The van der Waals surface area contributed by atoms with Gasteiger partial charge in [-0.1, -0.05) is 17.7 Å². The lowest BCUT2D eigenvalue weighted by atomic mass is 10.1. The molecule has 2 rings (SSSR count). The molecule has 0 spiro atoms. The van der Waals surface area contributed by atoms with Gasteiger partial charge in [0, 0.05) is 5.56 Å². The number of rotatable bonds is 6. The highest BCUT2D eigenvalue weighted by Gasteiger charge is 2.17. The van der Waals surface area contributed by atoms with Crippen LogP contribution >= 0.6 is 11.6 Å². The summed E-state index contributed by atoms with van der Waals surface area (Å²) in [5.74, 6) is -0.903. The van der Waals surface area contributed by atoms with Gasteiger partial charge in [-0.15, -0.1) is 0 Å². The lowest BCUT2D eigenvalue weighted by Crippen LogP contribution is -2.17. The standard InChI is InChI=1S/C17H16ClNO6S/c1-10-3-4-12(8-16(10)26(19,22)23)17(21)25-9-14(20)11-5-6-15(24-2)13(18)7-11/h3-8H,9H2,1-2H3,(H2,19,22,23). The van der Waals surface area contributed by atoms with Crippen LogP contribution in [0.3, 0.4) is 0 Å². The zero-order valence-electron chi connectivity index (χ0n) is 14.0. The van der Waals surface area contributed by atoms with Crippen LogP contribution < -0.4 is 9.88 Å². The van der Waals surface area contributed by atoms with Crippen LogP contribution in [0.25, 0.3) is 0 Å². The molecule has 0 aliphatic rings. The van der Waals surface area contributed by atoms with E-state index in [4.69, 9.17) is 26.2 Å². The Morgan fingerprint density at radius 1 is 1.12 bits per heavy atom. The Balaban J connectivity index is 2.11. The number of hydrogen-bond acceptors (Lipinski definition) is 6. The Kier molecular flexibility index (Phi) is 6.01. The molecule has 9 heteroatoms. The highest BCUT2D eigenvalue weighted by atomic mass is 35.5. The average Bonchev–Trinajstić information content (AvgIpc) is 2.58. The van der Waals surface area contributed by atoms with E-state index in [1.165, 1.54) is 37.4 Å². The summed E-state index contributed by atoms with van der Waals surface area (Å²) in [7, 11) is -2.53. The van der Waals surface area contributed by atoms with Gasteiger partial charge in [0.2, 0.25) is 10.0 Å². The van der Waals surface area contributed by atoms with Crippen molar-refractivity contribution >= 4 is 33.4 Å². The Labute approximate surface area is 155 Å². The molecule has 0 atom stereocenters. The molecule has 0 aromatic heterocycles. The van der Waals surface area contributed by atoms with E-state index in [9.17, 15) is 18.0 Å². The highest BCUT2D eigenvalue weighted by Crippen LogP contribution is 2.25. The molecule has 0 aliphatic heterocycles. The number of carbonyl (C=O) groups is 2. The van der Waals surface area contributed by atoms with Crippen LogP contribution in [-0.4, -0.2) is 33.9 Å². The summed E-state index contributed by atoms with van der Waals surface area (Å²) in [6, 6.07) is 8.35. The summed E-state index contributed by atoms with van der Waals surface area (Å²) in [4.78, 5) is 24.0. The fraction of sp³-hybridized carbons (Fsp3) is 0.176. The van der Waals surface area contributed by atoms with Crippen LogP contribution in [0.1, 0.15) is 26.3 Å². The summed E-state index contributed by atoms with van der Waals surface area (Å²) < 4.78 is 33.0. The number of halogens is 1. The predicted molar refractivity (Wildman–Crippen MR) is 95.2 cm³/mol. The van der Waals surface area contributed by atoms with Gasteiger partial charge in [0.25, 0.3) is 0 Å². The highest BCUT2D eigenvalue weighted by molar-refractivity contribution is 7.89. The number of nitrogens with two attached hydrogens (primary N) is 1. The SMILES string of the molecule is COc1ccc(C(=O)COC(=O)c2ccc(C)c(S(N)(=O)=O)c2)cc1Cl. The van der Waals surface area contributed by atoms with E-state index in [0.717, 1.165) is 6.07 Å². The maximum atomic E-state index is 12.1. The number of hydrogen-bond donors (Lipinski definition) is 1. The Morgan fingerprint density at radius 3 is 2.35 bits per heavy atom. The first-order valence-corrected chi connectivity index (χ1v) is 9.23. The summed E-state index contributed by atoms with van der Waals surface area (Å²) >= 11 is 5.95. The van der Waals surface area contributed by atoms with E-state index in [1.54, 1.807) is 6.92 Å². The number of ether oxygens (including phenoxy) is 2. The van der Waals surface area contributed by atoms with Gasteiger partial charge >= 0.3 is 5.97 Å². The molecule has 0 bridgehead atoms. The predicted octanol–water partition coefficient (Wildman–Crippen LogP) is 2.34. The minimum absolute atomic E-state index is 0.0276. The first-order valence-electron chi connectivity index (χ1n) is 7.31. The lowest BCUT2D eigenvalue weighted by molar-refractivity contribution is 0.0474. The van der Waals surface area contributed by atoms with E-state index in [-0.39, 0.29) is 21.0 Å². The van der Waals surface area contributed by atoms with Crippen LogP contribution in [0.4, 0.5) is 0 Å². The summed E-state index contributed by atoms with van der Waals surface area (Å²) in [5.41, 5.74) is 0.617. The third-order valence-corrected chi connectivity index (χ3v) is 4.89. The van der Waals surface area contributed by atoms with Crippen LogP contribution in [0.2, 0.25) is 5.02 Å². The fourth-order valence-corrected chi connectivity index (χ4v) is 3.24. The van der Waals surface area contributed by atoms with Gasteiger partial charge in [-0.3, -0.25) is 4.79 Å². The number of esters is 1. The van der Waals surface area contributed by atoms with Gasteiger partial charge in [0.05, 0.1) is 22.6 Å². The summed E-state index contributed by atoms with van der Waals surface area (Å²) in [6.45, 7) is 1.02. The Morgan fingerprint density at radius 2 is 1.77 bits per heavy atom. The molecule has 0 fully saturated rings. The molecule has 138 valence electrons. The fourth-order valence-electron chi connectivity index (χ4n) is 2.17. The van der Waals surface area contributed by atoms with Gasteiger partial charge in [-0.2, -0.15) is 0 Å². The first-order chi connectivity index (χ1) is 12.1. The number of carbonyl (C=O) groups excluding carboxylic acids is 2. The van der Waals surface area contributed by atoms with Crippen molar-refractivity contribution in [1.29, 1.82) is 0 Å². The van der Waals surface area contributed by atoms with Crippen molar-refractivity contribution in [2.75, 3.05) is 13.7 Å². The zero-order valence-corrected chi connectivity index (χ0v) is 15.6. The Hall–Kier alpha value is -2.42. The molecule has 2 aromatic carbocycles. The summed E-state index contributed by atoms with van der Waals surface area (Å²) in [5, 5.41) is 5.36. The number of Topliss-reactive ketones (excluding diaryl/α,β-unsaturated/α-hetero) is 1. The minimum Gasteiger partial charge on any atom is -0.495 e. The van der Waals surface area contributed by atoms with Gasteiger partial charge < -0.3 is 9.47 Å². The number of methoxy groups -OCH3 is 1. The molecule has 2 N–H and O–H groups in total. The number of primary sulfonamides is 1. The quantitative estimate of drug-likeness (QED) is 0.591. The van der Waals surface area contributed by atoms with Crippen molar-refractivity contribution in [2.24, 2.45) is 5.14 Å². The monoisotopic (exact) mass is 397 g/mol. The third kappa shape index (κ3) is 4.60. The second-order valence-corrected chi connectivity index (χ2v) is 7.31. The van der Waals surface area contributed by atoms with E-state index in [2.05, 4.69) is 0 Å². The number of sulfonamides is 1. The number of aryl methyl sites for hydroxylation is 1.